The van der Waals surface area contributed by atoms with Crippen molar-refractivity contribution in [1.29, 1.82) is 0 Å². The van der Waals surface area contributed by atoms with Crippen molar-refractivity contribution in [3.05, 3.63) is 23.8 Å². The first kappa shape index (κ1) is 20.2. The third-order valence-electron chi connectivity index (χ3n) is 4.69. The minimum Gasteiger partial charge on any atom is -0.478 e. The van der Waals surface area contributed by atoms with Crippen molar-refractivity contribution in [2.24, 2.45) is 0 Å². The Morgan fingerprint density at radius 2 is 1.81 bits per heavy atom. The molecule has 0 unspecified atom stereocenters. The van der Waals surface area contributed by atoms with Gasteiger partial charge < -0.3 is 24.5 Å². The van der Waals surface area contributed by atoms with Crippen LogP contribution in [-0.2, 0) is 9.53 Å². The molecule has 7 nitrogen and oxygen atoms in total. The van der Waals surface area contributed by atoms with E-state index in [0.717, 1.165) is 18.8 Å². The summed E-state index contributed by atoms with van der Waals surface area (Å²) in [5, 5.41) is 9.62. The molecule has 0 aliphatic carbocycles. The summed E-state index contributed by atoms with van der Waals surface area (Å²) in [7, 11) is 5.99. The van der Waals surface area contributed by atoms with E-state index >= 15 is 0 Å². The second-order valence-corrected chi connectivity index (χ2v) is 6.96. The lowest BCUT2D eigenvalue weighted by molar-refractivity contribution is -0.117. The molecule has 1 saturated heterocycles. The van der Waals surface area contributed by atoms with Gasteiger partial charge in [0.1, 0.15) is 0 Å². The quantitative estimate of drug-likeness (QED) is 0.798. The molecule has 0 aromatic heterocycles. The number of carboxylic acids is 1. The lowest BCUT2D eigenvalue weighted by Crippen LogP contribution is -2.43. The normalized spacial score (nSPS) is 15.1. The lowest BCUT2D eigenvalue weighted by atomic mass is 10.0. The Morgan fingerprint density at radius 1 is 1.15 bits per heavy atom. The monoisotopic (exact) mass is 363 g/mol. The maximum Gasteiger partial charge on any atom is 0.337 e. The van der Waals surface area contributed by atoms with Crippen LogP contribution in [0.2, 0.25) is 0 Å². The molecule has 26 heavy (non-hydrogen) atoms. The van der Waals surface area contributed by atoms with Gasteiger partial charge in [0.2, 0.25) is 5.91 Å². The zero-order valence-corrected chi connectivity index (χ0v) is 16.1. The third kappa shape index (κ3) is 4.95. The number of benzene rings is 1. The Hall–Kier alpha value is -2.12. The smallest absolute Gasteiger partial charge is 0.337 e. The van der Waals surface area contributed by atoms with Crippen LogP contribution in [0.1, 0.15) is 30.1 Å². The number of carbonyl (C=O) groups is 2. The summed E-state index contributed by atoms with van der Waals surface area (Å²) in [5.74, 6) is -1.17. The predicted octanol–water partition coefficient (Wildman–Crippen LogP) is 1.91. The predicted molar refractivity (Wildman–Crippen MR) is 102 cm³/mol. The standard InChI is InChI=1S/C19H29N3O4/c1-14(23)22(15-7-11-26-12-8-15)18-13-16(5-6-17(18)19(24)25)21(4)10-9-20(2)3/h5-6,13,15H,7-12H2,1-4H3,(H,24,25). The summed E-state index contributed by atoms with van der Waals surface area (Å²) >= 11 is 0. The summed E-state index contributed by atoms with van der Waals surface area (Å²) < 4.78 is 5.39. The summed E-state index contributed by atoms with van der Waals surface area (Å²) in [6, 6.07) is 5.16. The Morgan fingerprint density at radius 3 is 2.35 bits per heavy atom. The number of ether oxygens (including phenoxy) is 1. The highest BCUT2D eigenvalue weighted by Gasteiger charge is 2.28. The van der Waals surface area contributed by atoms with Gasteiger partial charge in [-0.05, 0) is 45.1 Å². The van der Waals surface area contributed by atoms with Crippen LogP contribution < -0.4 is 9.80 Å². The van der Waals surface area contributed by atoms with E-state index in [0.29, 0.717) is 31.7 Å². The van der Waals surface area contributed by atoms with Crippen molar-refractivity contribution in [3.63, 3.8) is 0 Å². The van der Waals surface area contributed by atoms with E-state index in [9.17, 15) is 14.7 Å². The summed E-state index contributed by atoms with van der Waals surface area (Å²) in [5.41, 5.74) is 1.51. The summed E-state index contributed by atoms with van der Waals surface area (Å²) in [4.78, 5) is 29.9. The molecule has 1 aliphatic heterocycles. The second-order valence-electron chi connectivity index (χ2n) is 6.96. The molecule has 1 amide bonds. The molecular formula is C19H29N3O4. The zero-order valence-electron chi connectivity index (χ0n) is 16.1. The number of carboxylic acid groups (broad SMARTS) is 1. The highest BCUT2D eigenvalue weighted by molar-refractivity contribution is 6.02. The fourth-order valence-electron chi connectivity index (χ4n) is 3.18. The first-order valence-electron chi connectivity index (χ1n) is 8.92. The average Bonchev–Trinajstić information content (AvgIpc) is 2.60. The minimum absolute atomic E-state index is 0.0401. The fourth-order valence-corrected chi connectivity index (χ4v) is 3.18. The molecule has 7 heteroatoms. The van der Waals surface area contributed by atoms with Crippen LogP contribution in [0, 0.1) is 0 Å². The topological polar surface area (TPSA) is 73.3 Å². The van der Waals surface area contributed by atoms with Gasteiger partial charge in [0.05, 0.1) is 11.3 Å². The van der Waals surface area contributed by atoms with Crippen LogP contribution in [0.15, 0.2) is 18.2 Å². The highest BCUT2D eigenvalue weighted by atomic mass is 16.5. The second kappa shape index (κ2) is 9.00. The Balaban J connectivity index is 2.39. The number of amides is 1. The largest absolute Gasteiger partial charge is 0.478 e. The first-order chi connectivity index (χ1) is 12.3. The van der Waals surface area contributed by atoms with Crippen LogP contribution in [0.5, 0.6) is 0 Å². The average molecular weight is 363 g/mol. The van der Waals surface area contributed by atoms with E-state index in [-0.39, 0.29) is 17.5 Å². The number of anilines is 2. The van der Waals surface area contributed by atoms with Crippen LogP contribution in [0.4, 0.5) is 11.4 Å². The van der Waals surface area contributed by atoms with Crippen molar-refractivity contribution < 1.29 is 19.4 Å². The molecule has 0 bridgehead atoms. The Labute approximate surface area is 155 Å². The van der Waals surface area contributed by atoms with Gasteiger partial charge in [-0.25, -0.2) is 4.79 Å². The summed E-state index contributed by atoms with van der Waals surface area (Å²) in [6.45, 7) is 4.33. The van der Waals surface area contributed by atoms with Gasteiger partial charge in [-0.15, -0.1) is 0 Å². The van der Waals surface area contributed by atoms with Crippen molar-refractivity contribution in [1.82, 2.24) is 4.90 Å². The molecule has 1 fully saturated rings. The molecular weight excluding hydrogens is 334 g/mol. The number of hydrogen-bond acceptors (Lipinski definition) is 5. The van der Waals surface area contributed by atoms with Gasteiger partial charge in [-0.1, -0.05) is 0 Å². The molecule has 2 rings (SSSR count). The fraction of sp³-hybridized carbons (Fsp3) is 0.579. The molecule has 1 N–H and O–H groups in total. The number of rotatable bonds is 7. The molecule has 0 saturated carbocycles. The molecule has 1 aromatic rings. The van der Waals surface area contributed by atoms with Gasteiger partial charge in [0, 0.05) is 52.0 Å². The highest BCUT2D eigenvalue weighted by Crippen LogP contribution is 2.31. The number of aromatic carboxylic acids is 1. The van der Waals surface area contributed by atoms with Gasteiger partial charge in [0.15, 0.2) is 0 Å². The zero-order chi connectivity index (χ0) is 19.3. The van der Waals surface area contributed by atoms with Crippen LogP contribution in [0.25, 0.3) is 0 Å². The lowest BCUT2D eigenvalue weighted by Gasteiger charge is -2.35. The number of likely N-dealkylation sites (N-methyl/N-ethyl adjacent to an activating group) is 2. The van der Waals surface area contributed by atoms with Crippen molar-refractivity contribution in [3.8, 4) is 0 Å². The Kier molecular flexibility index (Phi) is 6.99. The Bertz CT molecular complexity index is 642. The van der Waals surface area contributed by atoms with Crippen LogP contribution in [-0.4, -0.2) is 75.4 Å². The third-order valence-corrected chi connectivity index (χ3v) is 4.69. The number of nitrogens with zero attached hydrogens (tertiary/aromatic N) is 3. The van der Waals surface area contributed by atoms with E-state index in [2.05, 4.69) is 9.80 Å². The summed E-state index contributed by atoms with van der Waals surface area (Å²) in [6.07, 6.45) is 1.42. The van der Waals surface area contributed by atoms with Crippen LogP contribution in [0.3, 0.4) is 0 Å². The van der Waals surface area contributed by atoms with Gasteiger partial charge in [0.25, 0.3) is 0 Å². The molecule has 0 radical (unpaired) electrons. The van der Waals surface area contributed by atoms with Gasteiger partial charge in [-0.2, -0.15) is 0 Å². The maximum absolute atomic E-state index is 12.4. The molecule has 0 atom stereocenters. The molecule has 144 valence electrons. The van der Waals surface area contributed by atoms with E-state index in [1.165, 1.54) is 6.92 Å². The van der Waals surface area contributed by atoms with Crippen molar-refractivity contribution >= 4 is 23.3 Å². The van der Waals surface area contributed by atoms with Gasteiger partial charge >= 0.3 is 5.97 Å². The van der Waals surface area contributed by atoms with E-state index in [1.807, 2.05) is 27.2 Å². The molecule has 0 spiro atoms. The maximum atomic E-state index is 12.4. The minimum atomic E-state index is -1.03. The molecule has 1 heterocycles. The number of carbonyl (C=O) groups excluding carboxylic acids is 1. The number of hydrogen-bond donors (Lipinski definition) is 1. The SMILES string of the molecule is CC(=O)N(c1cc(N(C)CCN(C)C)ccc1C(=O)O)C1CCOCC1. The van der Waals surface area contributed by atoms with E-state index in [4.69, 9.17) is 4.74 Å². The van der Waals surface area contributed by atoms with Crippen molar-refractivity contribution in [2.75, 3.05) is 57.2 Å². The van der Waals surface area contributed by atoms with Crippen LogP contribution >= 0.6 is 0 Å². The van der Waals surface area contributed by atoms with E-state index in [1.54, 1.807) is 17.0 Å². The van der Waals surface area contributed by atoms with Gasteiger partial charge in [-0.3, -0.25) is 4.79 Å². The molecule has 1 aromatic carbocycles. The van der Waals surface area contributed by atoms with E-state index < -0.39 is 5.97 Å². The van der Waals surface area contributed by atoms with Crippen molar-refractivity contribution in [2.45, 2.75) is 25.8 Å². The first-order valence-corrected chi connectivity index (χ1v) is 8.92. The molecule has 1 aliphatic rings.